The van der Waals surface area contributed by atoms with Crippen molar-refractivity contribution in [2.24, 2.45) is 0 Å². The standard InChI is InChI=1S/C16H12N2O2S/c21-16-17-14-10-5-1-3-7-12(10)19-9-20-13-8-4-2-6-11(13)15(14)18-16/h1-8H,9H2,(H2,17,18,21). The van der Waals surface area contributed by atoms with Crippen molar-refractivity contribution in [1.29, 1.82) is 0 Å². The first-order chi connectivity index (χ1) is 10.3. The van der Waals surface area contributed by atoms with Crippen LogP contribution in [-0.2, 0) is 0 Å². The molecule has 0 saturated heterocycles. The molecule has 0 spiro atoms. The normalized spacial score (nSPS) is 12.6. The minimum Gasteiger partial charge on any atom is -0.457 e. The summed E-state index contributed by atoms with van der Waals surface area (Å²) in [6.45, 7) is 0.166. The maximum atomic E-state index is 5.74. The van der Waals surface area contributed by atoms with Gasteiger partial charge in [-0.15, -0.1) is 0 Å². The third-order valence-corrected chi connectivity index (χ3v) is 3.67. The molecule has 5 heteroatoms. The summed E-state index contributed by atoms with van der Waals surface area (Å²) >= 11 is 5.27. The summed E-state index contributed by atoms with van der Waals surface area (Å²) in [5.74, 6) is 1.52. The Kier molecular flexibility index (Phi) is 2.79. The Morgan fingerprint density at radius 1 is 0.762 bits per heavy atom. The SMILES string of the molecule is S=c1[nH]c2c([nH]1)-c1ccccc1OCOc1ccccc1-2. The van der Waals surface area contributed by atoms with E-state index in [0.717, 1.165) is 34.0 Å². The van der Waals surface area contributed by atoms with E-state index >= 15 is 0 Å². The fourth-order valence-electron chi connectivity index (χ4n) is 2.54. The summed E-state index contributed by atoms with van der Waals surface area (Å²) in [5.41, 5.74) is 3.74. The second-order valence-electron chi connectivity index (χ2n) is 4.73. The van der Waals surface area contributed by atoms with Crippen molar-refractivity contribution in [2.45, 2.75) is 0 Å². The van der Waals surface area contributed by atoms with Gasteiger partial charge in [-0.1, -0.05) is 24.3 Å². The molecule has 0 amide bonds. The van der Waals surface area contributed by atoms with Crippen LogP contribution in [-0.4, -0.2) is 16.8 Å². The topological polar surface area (TPSA) is 50.0 Å². The molecule has 4 nitrogen and oxygen atoms in total. The van der Waals surface area contributed by atoms with E-state index in [-0.39, 0.29) is 6.79 Å². The largest absolute Gasteiger partial charge is 0.457 e. The fraction of sp³-hybridized carbons (Fsp3) is 0.0625. The van der Waals surface area contributed by atoms with E-state index < -0.39 is 0 Å². The van der Waals surface area contributed by atoms with Crippen molar-refractivity contribution in [2.75, 3.05) is 6.79 Å². The molecule has 0 saturated carbocycles. The first kappa shape index (κ1) is 12.2. The first-order valence-corrected chi connectivity index (χ1v) is 7.00. The van der Waals surface area contributed by atoms with E-state index in [1.54, 1.807) is 0 Å². The zero-order valence-corrected chi connectivity index (χ0v) is 11.9. The number of aromatic nitrogens is 2. The fourth-order valence-corrected chi connectivity index (χ4v) is 2.75. The highest BCUT2D eigenvalue weighted by molar-refractivity contribution is 7.71. The van der Waals surface area contributed by atoms with Gasteiger partial charge in [0.15, 0.2) is 4.77 Å². The summed E-state index contributed by atoms with van der Waals surface area (Å²) < 4.78 is 12.1. The maximum Gasteiger partial charge on any atom is 0.230 e. The minimum atomic E-state index is 0.166. The van der Waals surface area contributed by atoms with Crippen molar-refractivity contribution in [3.8, 4) is 34.0 Å². The highest BCUT2D eigenvalue weighted by Crippen LogP contribution is 2.39. The summed E-state index contributed by atoms with van der Waals surface area (Å²) in [5, 5.41) is 0. The molecule has 1 aliphatic heterocycles. The van der Waals surface area contributed by atoms with Gasteiger partial charge in [0.1, 0.15) is 11.5 Å². The molecule has 2 aromatic carbocycles. The number of hydrogen-bond donors (Lipinski definition) is 2. The molecular weight excluding hydrogens is 284 g/mol. The summed E-state index contributed by atoms with van der Waals surface area (Å²) in [7, 11) is 0. The Hall–Kier alpha value is -2.53. The van der Waals surface area contributed by atoms with E-state index in [0.29, 0.717) is 4.77 Å². The van der Waals surface area contributed by atoms with E-state index in [1.807, 2.05) is 48.5 Å². The quantitative estimate of drug-likeness (QED) is 0.613. The van der Waals surface area contributed by atoms with Crippen LogP contribution < -0.4 is 9.47 Å². The molecule has 0 fully saturated rings. The van der Waals surface area contributed by atoms with Gasteiger partial charge in [-0.2, -0.15) is 0 Å². The Labute approximate surface area is 126 Å². The molecule has 21 heavy (non-hydrogen) atoms. The predicted molar refractivity (Wildman–Crippen MR) is 83.0 cm³/mol. The van der Waals surface area contributed by atoms with Gasteiger partial charge in [-0.05, 0) is 36.5 Å². The number of fused-ring (bicyclic) bond motifs is 5. The van der Waals surface area contributed by atoms with Gasteiger partial charge < -0.3 is 19.4 Å². The molecule has 4 rings (SSSR count). The molecule has 1 aromatic heterocycles. The van der Waals surface area contributed by atoms with Crippen LogP contribution in [0, 0.1) is 4.77 Å². The van der Waals surface area contributed by atoms with E-state index in [9.17, 15) is 0 Å². The molecule has 0 radical (unpaired) electrons. The van der Waals surface area contributed by atoms with Gasteiger partial charge in [-0.25, -0.2) is 0 Å². The highest BCUT2D eigenvalue weighted by atomic mass is 32.1. The lowest BCUT2D eigenvalue weighted by Crippen LogP contribution is -2.06. The average molecular weight is 296 g/mol. The van der Waals surface area contributed by atoms with Crippen molar-refractivity contribution < 1.29 is 9.47 Å². The highest BCUT2D eigenvalue weighted by Gasteiger charge is 2.19. The lowest BCUT2D eigenvalue weighted by atomic mass is 10.0. The maximum absolute atomic E-state index is 5.74. The second-order valence-corrected chi connectivity index (χ2v) is 5.14. The van der Waals surface area contributed by atoms with Gasteiger partial charge in [0, 0.05) is 11.1 Å². The smallest absolute Gasteiger partial charge is 0.230 e. The number of benzene rings is 2. The number of imidazole rings is 1. The number of aromatic amines is 2. The predicted octanol–water partition coefficient (Wildman–Crippen LogP) is 4.13. The summed E-state index contributed by atoms with van der Waals surface area (Å²) in [6, 6.07) is 15.7. The number of hydrogen-bond acceptors (Lipinski definition) is 3. The van der Waals surface area contributed by atoms with Crippen LogP contribution in [0.25, 0.3) is 22.5 Å². The van der Waals surface area contributed by atoms with Gasteiger partial charge in [0.2, 0.25) is 6.79 Å². The molecule has 2 heterocycles. The molecule has 0 bridgehead atoms. The Balaban J connectivity index is 2.06. The van der Waals surface area contributed by atoms with Crippen LogP contribution in [0.4, 0.5) is 0 Å². The molecule has 104 valence electrons. The molecule has 0 atom stereocenters. The Bertz CT molecular complexity index is 798. The third-order valence-electron chi connectivity index (χ3n) is 3.47. The van der Waals surface area contributed by atoms with Crippen molar-refractivity contribution >= 4 is 12.2 Å². The Morgan fingerprint density at radius 3 is 1.76 bits per heavy atom. The molecule has 0 unspecified atom stereocenters. The third kappa shape index (κ3) is 2.02. The molecule has 0 aliphatic carbocycles. The van der Waals surface area contributed by atoms with Crippen LogP contribution in [0.15, 0.2) is 48.5 Å². The number of ether oxygens (including phenoxy) is 2. The Morgan fingerprint density at radius 2 is 1.24 bits per heavy atom. The van der Waals surface area contributed by atoms with Crippen molar-refractivity contribution in [3.05, 3.63) is 53.3 Å². The number of nitrogens with one attached hydrogen (secondary N) is 2. The zero-order valence-electron chi connectivity index (χ0n) is 11.1. The zero-order chi connectivity index (χ0) is 14.2. The van der Waals surface area contributed by atoms with Gasteiger partial charge in [0.25, 0.3) is 0 Å². The lowest BCUT2D eigenvalue weighted by Gasteiger charge is -2.10. The molecule has 3 aromatic rings. The van der Waals surface area contributed by atoms with E-state index in [2.05, 4.69) is 9.97 Å². The van der Waals surface area contributed by atoms with Crippen LogP contribution in [0.5, 0.6) is 11.5 Å². The van der Waals surface area contributed by atoms with Gasteiger partial charge >= 0.3 is 0 Å². The molecule has 2 N–H and O–H groups in total. The van der Waals surface area contributed by atoms with E-state index in [1.165, 1.54) is 0 Å². The summed E-state index contributed by atoms with van der Waals surface area (Å²) in [6.07, 6.45) is 0. The number of H-pyrrole nitrogens is 2. The lowest BCUT2D eigenvalue weighted by molar-refractivity contribution is 0.121. The van der Waals surface area contributed by atoms with Crippen molar-refractivity contribution in [1.82, 2.24) is 9.97 Å². The average Bonchev–Trinajstić information content (AvgIpc) is 2.91. The van der Waals surface area contributed by atoms with Gasteiger partial charge in [0.05, 0.1) is 11.4 Å². The molecule has 1 aliphatic rings. The molecular formula is C16H12N2O2S. The monoisotopic (exact) mass is 296 g/mol. The van der Waals surface area contributed by atoms with Crippen molar-refractivity contribution in [3.63, 3.8) is 0 Å². The first-order valence-electron chi connectivity index (χ1n) is 6.59. The van der Waals surface area contributed by atoms with E-state index in [4.69, 9.17) is 21.7 Å². The number of para-hydroxylation sites is 2. The summed E-state index contributed by atoms with van der Waals surface area (Å²) in [4.78, 5) is 6.43. The second kappa shape index (κ2) is 4.79. The minimum absolute atomic E-state index is 0.166. The van der Waals surface area contributed by atoms with Crippen LogP contribution in [0.2, 0.25) is 0 Å². The van der Waals surface area contributed by atoms with Crippen LogP contribution >= 0.6 is 12.2 Å². The number of rotatable bonds is 0. The van der Waals surface area contributed by atoms with Crippen LogP contribution in [0.1, 0.15) is 0 Å². The van der Waals surface area contributed by atoms with Gasteiger partial charge in [-0.3, -0.25) is 0 Å². The van der Waals surface area contributed by atoms with Crippen LogP contribution in [0.3, 0.4) is 0 Å².